The van der Waals surface area contributed by atoms with Crippen molar-refractivity contribution in [2.75, 3.05) is 0 Å². The van der Waals surface area contributed by atoms with E-state index < -0.39 is 0 Å². The lowest BCUT2D eigenvalue weighted by Gasteiger charge is -2.07. The van der Waals surface area contributed by atoms with Gasteiger partial charge in [0.1, 0.15) is 5.82 Å². The third-order valence-electron chi connectivity index (χ3n) is 4.28. The van der Waals surface area contributed by atoms with Gasteiger partial charge in [-0.2, -0.15) is 5.10 Å². The third-order valence-corrected chi connectivity index (χ3v) is 4.28. The molecule has 0 aliphatic rings. The van der Waals surface area contributed by atoms with Crippen LogP contribution in [0.2, 0.25) is 0 Å². The molecule has 0 radical (unpaired) electrons. The molecular formula is C19H12FN5. The highest BCUT2D eigenvalue weighted by atomic mass is 19.1. The Morgan fingerprint density at radius 3 is 2.68 bits per heavy atom. The average Bonchev–Trinajstić information content (AvgIpc) is 3.29. The summed E-state index contributed by atoms with van der Waals surface area (Å²) in [5, 5.41) is 5.37. The molecule has 4 aromatic heterocycles. The smallest absolute Gasteiger partial charge is 0.163 e. The number of aromatic nitrogens is 5. The van der Waals surface area contributed by atoms with Crippen LogP contribution in [0.5, 0.6) is 0 Å². The Hall–Kier alpha value is -3.54. The molecular weight excluding hydrogens is 317 g/mol. The first-order chi connectivity index (χ1) is 12.3. The lowest BCUT2D eigenvalue weighted by molar-refractivity contribution is 0.627. The number of fused-ring (bicyclic) bond motifs is 2. The zero-order chi connectivity index (χ0) is 16.8. The van der Waals surface area contributed by atoms with Gasteiger partial charge < -0.3 is 4.40 Å². The molecule has 0 atom stereocenters. The van der Waals surface area contributed by atoms with Crippen molar-refractivity contribution in [1.82, 2.24) is 24.1 Å². The lowest BCUT2D eigenvalue weighted by Crippen LogP contribution is -1.97. The largest absolute Gasteiger partial charge is 0.307 e. The van der Waals surface area contributed by atoms with Gasteiger partial charge in [-0.05, 0) is 48.0 Å². The van der Waals surface area contributed by atoms with Crippen LogP contribution in [0.1, 0.15) is 0 Å². The third kappa shape index (κ3) is 2.11. The molecule has 1 aromatic carbocycles. The van der Waals surface area contributed by atoms with E-state index in [4.69, 9.17) is 0 Å². The second-order valence-corrected chi connectivity index (χ2v) is 5.74. The van der Waals surface area contributed by atoms with Crippen molar-refractivity contribution in [1.29, 1.82) is 0 Å². The molecule has 0 saturated carbocycles. The van der Waals surface area contributed by atoms with E-state index in [9.17, 15) is 4.39 Å². The molecule has 0 fully saturated rings. The Labute approximate surface area is 142 Å². The Bertz CT molecular complexity index is 1200. The minimum Gasteiger partial charge on any atom is -0.307 e. The minimum atomic E-state index is -0.278. The summed E-state index contributed by atoms with van der Waals surface area (Å²) in [6, 6.07) is 12.2. The predicted octanol–water partition coefficient (Wildman–Crippen LogP) is 3.87. The van der Waals surface area contributed by atoms with Gasteiger partial charge in [0.25, 0.3) is 0 Å². The number of benzene rings is 1. The first-order valence-corrected chi connectivity index (χ1v) is 7.81. The summed E-state index contributed by atoms with van der Waals surface area (Å²) in [5.41, 5.74) is 4.57. The molecule has 0 amide bonds. The van der Waals surface area contributed by atoms with E-state index in [1.54, 1.807) is 35.5 Å². The van der Waals surface area contributed by atoms with E-state index in [0.717, 1.165) is 33.4 Å². The summed E-state index contributed by atoms with van der Waals surface area (Å²) in [4.78, 5) is 8.79. The topological polar surface area (TPSA) is 48.0 Å². The van der Waals surface area contributed by atoms with Crippen LogP contribution in [0.25, 0.3) is 33.4 Å². The van der Waals surface area contributed by atoms with Gasteiger partial charge in [0, 0.05) is 29.5 Å². The molecule has 0 saturated heterocycles. The predicted molar refractivity (Wildman–Crippen MR) is 93.0 cm³/mol. The number of hydrogen-bond donors (Lipinski definition) is 0. The molecule has 5 nitrogen and oxygen atoms in total. The molecule has 6 heteroatoms. The van der Waals surface area contributed by atoms with Gasteiger partial charge in [0.05, 0.1) is 23.7 Å². The Morgan fingerprint density at radius 2 is 1.80 bits per heavy atom. The van der Waals surface area contributed by atoms with Crippen molar-refractivity contribution < 1.29 is 4.39 Å². The molecule has 25 heavy (non-hydrogen) atoms. The van der Waals surface area contributed by atoms with Crippen LogP contribution < -0.4 is 0 Å². The fourth-order valence-corrected chi connectivity index (χ4v) is 3.11. The van der Waals surface area contributed by atoms with E-state index >= 15 is 0 Å². The first-order valence-electron chi connectivity index (χ1n) is 7.81. The Morgan fingerprint density at radius 1 is 0.920 bits per heavy atom. The van der Waals surface area contributed by atoms with Crippen LogP contribution >= 0.6 is 0 Å². The van der Waals surface area contributed by atoms with Crippen LogP contribution in [0.15, 0.2) is 73.6 Å². The van der Waals surface area contributed by atoms with Crippen molar-refractivity contribution in [2.24, 2.45) is 0 Å². The minimum absolute atomic E-state index is 0.278. The van der Waals surface area contributed by atoms with Crippen LogP contribution in [0.3, 0.4) is 0 Å². The summed E-state index contributed by atoms with van der Waals surface area (Å²) in [6.45, 7) is 0. The molecule has 0 spiro atoms. The molecule has 0 N–H and O–H groups in total. The maximum Gasteiger partial charge on any atom is 0.163 e. The van der Waals surface area contributed by atoms with Crippen molar-refractivity contribution in [2.45, 2.75) is 0 Å². The molecule has 120 valence electrons. The highest BCUT2D eigenvalue weighted by Gasteiger charge is 2.13. The number of hydrogen-bond acceptors (Lipinski definition) is 3. The van der Waals surface area contributed by atoms with Crippen LogP contribution in [0, 0.1) is 5.82 Å². The second kappa shape index (κ2) is 5.24. The van der Waals surface area contributed by atoms with E-state index in [2.05, 4.69) is 15.1 Å². The standard InChI is InChI=1S/C19H12FN5/c20-13-3-5-14(6-4-13)25-19-17(11-23-25)15(7-8-22-19)16-10-21-12-24-9-1-2-18(16)24/h1-12H. The Balaban J connectivity index is 1.76. The molecule has 4 heterocycles. The Kier molecular flexibility index (Phi) is 2.90. The highest BCUT2D eigenvalue weighted by Crippen LogP contribution is 2.31. The first kappa shape index (κ1) is 13.9. The fourth-order valence-electron chi connectivity index (χ4n) is 3.11. The number of nitrogens with zero attached hydrogens (tertiary/aromatic N) is 5. The highest BCUT2D eigenvalue weighted by molar-refractivity contribution is 5.97. The van der Waals surface area contributed by atoms with E-state index in [-0.39, 0.29) is 5.82 Å². The maximum absolute atomic E-state index is 13.2. The summed E-state index contributed by atoms with van der Waals surface area (Å²) >= 11 is 0. The molecule has 5 rings (SSSR count). The summed E-state index contributed by atoms with van der Waals surface area (Å²) in [5.74, 6) is -0.278. The van der Waals surface area contributed by atoms with Gasteiger partial charge in [-0.25, -0.2) is 19.0 Å². The molecule has 5 aromatic rings. The SMILES string of the molecule is Fc1ccc(-n2ncc3c(-c4cncn5cccc45)ccnc32)cc1. The summed E-state index contributed by atoms with van der Waals surface area (Å²) in [7, 11) is 0. The quantitative estimate of drug-likeness (QED) is 0.494. The van der Waals surface area contributed by atoms with Crippen molar-refractivity contribution in [3.63, 3.8) is 0 Å². The van der Waals surface area contributed by atoms with Crippen LogP contribution in [-0.4, -0.2) is 24.1 Å². The van der Waals surface area contributed by atoms with Gasteiger partial charge in [-0.1, -0.05) is 0 Å². The summed E-state index contributed by atoms with van der Waals surface area (Å²) in [6.07, 6.45) is 9.13. The number of halogens is 1. The molecule has 0 unspecified atom stereocenters. The number of rotatable bonds is 2. The van der Waals surface area contributed by atoms with Crippen LogP contribution in [0.4, 0.5) is 4.39 Å². The zero-order valence-corrected chi connectivity index (χ0v) is 13.0. The fraction of sp³-hybridized carbons (Fsp3) is 0. The van der Waals surface area contributed by atoms with Crippen molar-refractivity contribution >= 4 is 16.6 Å². The van der Waals surface area contributed by atoms with Crippen molar-refractivity contribution in [3.05, 3.63) is 79.4 Å². The lowest BCUT2D eigenvalue weighted by atomic mass is 10.1. The van der Waals surface area contributed by atoms with Gasteiger partial charge in [-0.3, -0.25) is 0 Å². The van der Waals surface area contributed by atoms with Crippen molar-refractivity contribution in [3.8, 4) is 16.8 Å². The normalized spacial score (nSPS) is 11.4. The maximum atomic E-state index is 13.2. The zero-order valence-electron chi connectivity index (χ0n) is 13.0. The van der Waals surface area contributed by atoms with E-state index in [1.807, 2.05) is 35.0 Å². The van der Waals surface area contributed by atoms with Crippen LogP contribution in [-0.2, 0) is 0 Å². The monoisotopic (exact) mass is 329 g/mol. The van der Waals surface area contributed by atoms with Gasteiger partial charge in [0.2, 0.25) is 0 Å². The van der Waals surface area contributed by atoms with Gasteiger partial charge >= 0.3 is 0 Å². The van der Waals surface area contributed by atoms with Gasteiger partial charge in [-0.15, -0.1) is 0 Å². The van der Waals surface area contributed by atoms with Gasteiger partial charge in [0.15, 0.2) is 5.65 Å². The van der Waals surface area contributed by atoms with E-state index in [1.165, 1.54) is 12.1 Å². The van der Waals surface area contributed by atoms with E-state index in [0.29, 0.717) is 0 Å². The second-order valence-electron chi connectivity index (χ2n) is 5.74. The summed E-state index contributed by atoms with van der Waals surface area (Å²) < 4.78 is 16.9. The average molecular weight is 329 g/mol. The molecule has 0 aliphatic heterocycles. The molecule has 0 bridgehead atoms. The number of pyridine rings is 1. The molecule has 0 aliphatic carbocycles.